The van der Waals surface area contributed by atoms with E-state index in [-0.39, 0.29) is 0 Å². The van der Waals surface area contributed by atoms with E-state index < -0.39 is 11.4 Å². The predicted octanol–water partition coefficient (Wildman–Crippen LogP) is 1.74. The van der Waals surface area contributed by atoms with Gasteiger partial charge >= 0.3 is 5.97 Å². The molecule has 0 aromatic rings. The highest BCUT2D eigenvalue weighted by Gasteiger charge is 2.40. The molecular weight excluding hydrogens is 218 g/mol. The normalized spacial score (nSPS) is 29.4. The van der Waals surface area contributed by atoms with E-state index in [0.717, 1.165) is 51.9 Å². The van der Waals surface area contributed by atoms with Crippen molar-refractivity contribution < 1.29 is 14.6 Å². The van der Waals surface area contributed by atoms with Gasteiger partial charge in [0.1, 0.15) is 0 Å². The molecule has 17 heavy (non-hydrogen) atoms. The van der Waals surface area contributed by atoms with Crippen LogP contribution in [0.2, 0.25) is 0 Å². The molecule has 0 spiro atoms. The maximum Gasteiger partial charge on any atom is 0.309 e. The zero-order valence-corrected chi connectivity index (χ0v) is 10.7. The highest BCUT2D eigenvalue weighted by atomic mass is 16.5. The molecule has 1 unspecified atom stereocenters. The minimum atomic E-state index is -0.614. The molecule has 4 nitrogen and oxygen atoms in total. The Morgan fingerprint density at radius 1 is 1.47 bits per heavy atom. The Hall–Kier alpha value is -0.610. The highest BCUT2D eigenvalue weighted by molar-refractivity contribution is 5.74. The number of piperidine rings is 1. The first-order valence-corrected chi connectivity index (χ1v) is 6.74. The summed E-state index contributed by atoms with van der Waals surface area (Å²) in [6.07, 6.45) is 5.03. The van der Waals surface area contributed by atoms with Gasteiger partial charge in [0.15, 0.2) is 0 Å². The topological polar surface area (TPSA) is 49.8 Å². The monoisotopic (exact) mass is 241 g/mol. The van der Waals surface area contributed by atoms with E-state index in [1.807, 2.05) is 6.92 Å². The van der Waals surface area contributed by atoms with Crippen LogP contribution in [0.4, 0.5) is 0 Å². The van der Waals surface area contributed by atoms with Crippen LogP contribution >= 0.6 is 0 Å². The van der Waals surface area contributed by atoms with E-state index >= 15 is 0 Å². The molecule has 98 valence electrons. The number of ether oxygens (including phenoxy) is 1. The molecule has 1 atom stereocenters. The number of aliphatic carboxylic acids is 1. The maximum absolute atomic E-state index is 11.3. The lowest BCUT2D eigenvalue weighted by atomic mass is 9.76. The van der Waals surface area contributed by atoms with Crippen LogP contribution in [-0.2, 0) is 9.53 Å². The SMILES string of the molecule is CCC1(C(=O)O)CCN(CC2CCCO2)CC1. The quantitative estimate of drug-likeness (QED) is 0.814. The van der Waals surface area contributed by atoms with Crippen LogP contribution in [0.1, 0.15) is 39.0 Å². The van der Waals surface area contributed by atoms with Crippen molar-refractivity contribution in [3.8, 4) is 0 Å². The van der Waals surface area contributed by atoms with Crippen LogP contribution < -0.4 is 0 Å². The van der Waals surface area contributed by atoms with Crippen LogP contribution in [0, 0.1) is 5.41 Å². The van der Waals surface area contributed by atoms with Crippen LogP contribution in [0.15, 0.2) is 0 Å². The van der Waals surface area contributed by atoms with Crippen molar-refractivity contribution in [1.29, 1.82) is 0 Å². The summed E-state index contributed by atoms with van der Waals surface area (Å²) in [7, 11) is 0. The van der Waals surface area contributed by atoms with Gasteiger partial charge in [-0.15, -0.1) is 0 Å². The molecule has 0 aliphatic carbocycles. The van der Waals surface area contributed by atoms with E-state index in [9.17, 15) is 9.90 Å². The lowest BCUT2D eigenvalue weighted by Gasteiger charge is -2.39. The van der Waals surface area contributed by atoms with Gasteiger partial charge in [0.2, 0.25) is 0 Å². The van der Waals surface area contributed by atoms with Crippen molar-refractivity contribution in [2.45, 2.75) is 45.1 Å². The van der Waals surface area contributed by atoms with Crippen LogP contribution in [0.3, 0.4) is 0 Å². The first-order chi connectivity index (χ1) is 8.16. The lowest BCUT2D eigenvalue weighted by molar-refractivity contribution is -0.152. The van der Waals surface area contributed by atoms with E-state index in [1.165, 1.54) is 6.42 Å². The number of nitrogens with zero attached hydrogens (tertiary/aromatic N) is 1. The standard InChI is InChI=1S/C13H23NO3/c1-2-13(12(15)16)5-7-14(8-6-13)10-11-4-3-9-17-11/h11H,2-10H2,1H3,(H,15,16). The fraction of sp³-hybridized carbons (Fsp3) is 0.923. The number of carboxylic acid groups (broad SMARTS) is 1. The number of rotatable bonds is 4. The van der Waals surface area contributed by atoms with E-state index in [1.54, 1.807) is 0 Å². The fourth-order valence-corrected chi connectivity index (χ4v) is 2.96. The smallest absolute Gasteiger partial charge is 0.309 e. The summed E-state index contributed by atoms with van der Waals surface area (Å²) < 4.78 is 5.62. The molecule has 2 aliphatic rings. The predicted molar refractivity (Wildman–Crippen MR) is 65.0 cm³/mol. The lowest BCUT2D eigenvalue weighted by Crippen LogP contribution is -2.46. The summed E-state index contributed by atoms with van der Waals surface area (Å²) in [5.74, 6) is -0.614. The molecule has 0 saturated carbocycles. The first kappa shape index (κ1) is 12.8. The van der Waals surface area contributed by atoms with E-state index in [2.05, 4.69) is 4.90 Å². The molecule has 1 N–H and O–H groups in total. The number of carbonyl (C=O) groups is 1. The van der Waals surface area contributed by atoms with E-state index in [0.29, 0.717) is 6.10 Å². The Bertz CT molecular complexity index is 266. The van der Waals surface area contributed by atoms with Crippen molar-refractivity contribution >= 4 is 5.97 Å². The molecule has 0 bridgehead atoms. The average molecular weight is 241 g/mol. The van der Waals surface area contributed by atoms with Crippen molar-refractivity contribution in [3.05, 3.63) is 0 Å². The van der Waals surface area contributed by atoms with Crippen LogP contribution in [0.5, 0.6) is 0 Å². The van der Waals surface area contributed by atoms with Crippen molar-refractivity contribution in [1.82, 2.24) is 4.90 Å². The highest BCUT2D eigenvalue weighted by Crippen LogP contribution is 2.35. The van der Waals surface area contributed by atoms with Crippen LogP contribution in [-0.4, -0.2) is 48.3 Å². The third-order valence-electron chi connectivity index (χ3n) is 4.43. The summed E-state index contributed by atoms with van der Waals surface area (Å²) in [5, 5.41) is 9.32. The molecule has 0 aromatic carbocycles. The maximum atomic E-state index is 11.3. The second kappa shape index (κ2) is 5.36. The summed E-state index contributed by atoms with van der Waals surface area (Å²) >= 11 is 0. The summed E-state index contributed by atoms with van der Waals surface area (Å²) in [6.45, 7) is 5.68. The third-order valence-corrected chi connectivity index (χ3v) is 4.43. The summed E-state index contributed by atoms with van der Waals surface area (Å²) in [4.78, 5) is 13.7. The molecule has 2 saturated heterocycles. The van der Waals surface area contributed by atoms with Gasteiger partial charge in [-0.25, -0.2) is 0 Å². The Morgan fingerprint density at radius 2 is 2.18 bits per heavy atom. The van der Waals surface area contributed by atoms with Crippen LogP contribution in [0.25, 0.3) is 0 Å². The number of hydrogen-bond donors (Lipinski definition) is 1. The van der Waals surface area contributed by atoms with Gasteiger partial charge < -0.3 is 14.7 Å². The van der Waals surface area contributed by atoms with Crippen molar-refractivity contribution in [2.75, 3.05) is 26.2 Å². The zero-order valence-electron chi connectivity index (χ0n) is 10.7. The van der Waals surface area contributed by atoms with Gasteiger partial charge in [0.25, 0.3) is 0 Å². The summed E-state index contributed by atoms with van der Waals surface area (Å²) in [6, 6.07) is 0. The molecule has 0 amide bonds. The molecule has 2 aliphatic heterocycles. The molecular formula is C13H23NO3. The van der Waals surface area contributed by atoms with Gasteiger partial charge in [0.05, 0.1) is 11.5 Å². The van der Waals surface area contributed by atoms with Gasteiger partial charge in [-0.3, -0.25) is 4.79 Å². The Labute approximate surface area is 103 Å². The zero-order chi connectivity index (χ0) is 12.3. The largest absolute Gasteiger partial charge is 0.481 e. The Balaban J connectivity index is 1.82. The summed E-state index contributed by atoms with van der Waals surface area (Å²) in [5.41, 5.74) is -0.465. The fourth-order valence-electron chi connectivity index (χ4n) is 2.96. The molecule has 0 aromatic heterocycles. The molecule has 0 radical (unpaired) electrons. The van der Waals surface area contributed by atoms with Gasteiger partial charge in [-0.1, -0.05) is 6.92 Å². The van der Waals surface area contributed by atoms with Crippen molar-refractivity contribution in [3.63, 3.8) is 0 Å². The average Bonchev–Trinajstić information content (AvgIpc) is 2.83. The minimum absolute atomic E-state index is 0.383. The van der Waals surface area contributed by atoms with Gasteiger partial charge in [-0.05, 0) is 45.2 Å². The number of carboxylic acids is 1. The second-order valence-corrected chi connectivity index (χ2v) is 5.37. The minimum Gasteiger partial charge on any atom is -0.481 e. The van der Waals surface area contributed by atoms with E-state index in [4.69, 9.17) is 4.74 Å². The van der Waals surface area contributed by atoms with Crippen molar-refractivity contribution in [2.24, 2.45) is 5.41 Å². The first-order valence-electron chi connectivity index (χ1n) is 6.74. The number of hydrogen-bond acceptors (Lipinski definition) is 3. The third kappa shape index (κ3) is 2.80. The molecule has 4 heteroatoms. The number of likely N-dealkylation sites (tertiary alicyclic amines) is 1. The van der Waals surface area contributed by atoms with Gasteiger partial charge in [0, 0.05) is 13.2 Å². The second-order valence-electron chi connectivity index (χ2n) is 5.37. The van der Waals surface area contributed by atoms with Gasteiger partial charge in [-0.2, -0.15) is 0 Å². The molecule has 2 rings (SSSR count). The Morgan fingerprint density at radius 3 is 2.65 bits per heavy atom. The Kier molecular flexibility index (Phi) is 4.05. The molecule has 2 fully saturated rings. The molecule has 2 heterocycles.